The minimum Gasteiger partial charge on any atom is -0.379 e. The molecule has 96 valence electrons. The lowest BCUT2D eigenvalue weighted by atomic mass is 9.84. The van der Waals surface area contributed by atoms with E-state index in [1.54, 1.807) is 0 Å². The summed E-state index contributed by atoms with van der Waals surface area (Å²) < 4.78 is 10.9. The zero-order valence-corrected chi connectivity index (χ0v) is 10.6. The Morgan fingerprint density at radius 2 is 1.75 bits per heavy atom. The van der Waals surface area contributed by atoms with E-state index in [0.29, 0.717) is 25.7 Å². The van der Waals surface area contributed by atoms with Crippen molar-refractivity contribution in [3.05, 3.63) is 0 Å². The van der Waals surface area contributed by atoms with Gasteiger partial charge in [0.25, 0.3) is 0 Å². The number of ether oxygens (including phenoxy) is 2. The molecule has 0 aromatic carbocycles. The van der Waals surface area contributed by atoms with E-state index in [9.17, 15) is 0 Å². The molecule has 1 fully saturated rings. The van der Waals surface area contributed by atoms with E-state index >= 15 is 0 Å². The van der Waals surface area contributed by atoms with Gasteiger partial charge in [-0.15, -0.1) is 0 Å². The van der Waals surface area contributed by atoms with Crippen LogP contribution in [0, 0.1) is 5.92 Å². The van der Waals surface area contributed by atoms with Crippen molar-refractivity contribution in [1.82, 2.24) is 0 Å². The van der Waals surface area contributed by atoms with E-state index in [1.165, 1.54) is 32.1 Å². The summed E-state index contributed by atoms with van der Waals surface area (Å²) in [6.45, 7) is 5.02. The van der Waals surface area contributed by atoms with Gasteiger partial charge in [-0.25, -0.2) is 0 Å². The van der Waals surface area contributed by atoms with Crippen LogP contribution in [0.25, 0.3) is 0 Å². The van der Waals surface area contributed by atoms with Crippen molar-refractivity contribution in [2.75, 3.05) is 26.4 Å². The van der Waals surface area contributed by atoms with Crippen LogP contribution in [0.15, 0.2) is 0 Å². The first-order valence-electron chi connectivity index (χ1n) is 6.75. The fourth-order valence-electron chi connectivity index (χ4n) is 2.28. The number of nitrogens with two attached hydrogens (primary N) is 1. The fourth-order valence-corrected chi connectivity index (χ4v) is 2.28. The van der Waals surface area contributed by atoms with Gasteiger partial charge in [0, 0.05) is 12.6 Å². The topological polar surface area (TPSA) is 44.5 Å². The minimum atomic E-state index is 0.228. The van der Waals surface area contributed by atoms with Crippen molar-refractivity contribution < 1.29 is 9.47 Å². The van der Waals surface area contributed by atoms with Crippen molar-refractivity contribution in [1.29, 1.82) is 0 Å². The standard InChI is InChI=1S/C13H27NO2/c1-2-8-15-9-10-16-11-13(14)12-6-4-3-5-7-12/h12-13H,2-11,14H2,1H3. The van der Waals surface area contributed by atoms with E-state index < -0.39 is 0 Å². The molecule has 1 atom stereocenters. The predicted octanol–water partition coefficient (Wildman–Crippen LogP) is 2.34. The molecule has 0 aromatic heterocycles. The molecule has 0 aliphatic heterocycles. The lowest BCUT2D eigenvalue weighted by Crippen LogP contribution is -2.36. The van der Waals surface area contributed by atoms with Gasteiger partial charge in [-0.05, 0) is 25.2 Å². The maximum absolute atomic E-state index is 6.12. The Bertz CT molecular complexity index is 158. The molecule has 16 heavy (non-hydrogen) atoms. The molecule has 1 aliphatic carbocycles. The maximum Gasteiger partial charge on any atom is 0.0701 e. The zero-order valence-electron chi connectivity index (χ0n) is 10.6. The highest BCUT2D eigenvalue weighted by molar-refractivity contribution is 4.75. The first kappa shape index (κ1) is 13.9. The van der Waals surface area contributed by atoms with Crippen molar-refractivity contribution in [2.24, 2.45) is 11.7 Å². The Morgan fingerprint density at radius 1 is 1.06 bits per heavy atom. The van der Waals surface area contributed by atoms with E-state index in [1.807, 2.05) is 0 Å². The van der Waals surface area contributed by atoms with E-state index in [-0.39, 0.29) is 6.04 Å². The summed E-state index contributed by atoms with van der Waals surface area (Å²) in [6, 6.07) is 0.228. The van der Waals surface area contributed by atoms with Crippen molar-refractivity contribution in [2.45, 2.75) is 51.5 Å². The molecule has 0 aromatic rings. The van der Waals surface area contributed by atoms with Gasteiger partial charge in [0.2, 0.25) is 0 Å². The summed E-state index contributed by atoms with van der Waals surface area (Å²) in [5.41, 5.74) is 6.12. The molecule has 0 saturated heterocycles. The van der Waals surface area contributed by atoms with Crippen LogP contribution in [-0.2, 0) is 9.47 Å². The van der Waals surface area contributed by atoms with Crippen LogP contribution < -0.4 is 5.73 Å². The van der Waals surface area contributed by atoms with Gasteiger partial charge in [0.1, 0.15) is 0 Å². The number of hydrogen-bond acceptors (Lipinski definition) is 3. The van der Waals surface area contributed by atoms with Gasteiger partial charge in [-0.1, -0.05) is 26.2 Å². The van der Waals surface area contributed by atoms with Gasteiger partial charge in [-0.3, -0.25) is 0 Å². The third-order valence-corrected chi connectivity index (χ3v) is 3.29. The minimum absolute atomic E-state index is 0.228. The largest absolute Gasteiger partial charge is 0.379 e. The molecule has 3 nitrogen and oxygen atoms in total. The molecule has 2 N–H and O–H groups in total. The first-order chi connectivity index (χ1) is 7.84. The second kappa shape index (κ2) is 8.97. The fraction of sp³-hybridized carbons (Fsp3) is 1.00. The highest BCUT2D eigenvalue weighted by atomic mass is 16.5. The van der Waals surface area contributed by atoms with Crippen LogP contribution in [0.1, 0.15) is 45.4 Å². The smallest absolute Gasteiger partial charge is 0.0701 e. The van der Waals surface area contributed by atoms with Crippen LogP contribution in [0.3, 0.4) is 0 Å². The molecule has 3 heteroatoms. The molecular weight excluding hydrogens is 202 g/mol. The predicted molar refractivity (Wildman–Crippen MR) is 66.5 cm³/mol. The highest BCUT2D eigenvalue weighted by Gasteiger charge is 2.20. The molecule has 1 saturated carbocycles. The third kappa shape index (κ3) is 5.83. The third-order valence-electron chi connectivity index (χ3n) is 3.29. The van der Waals surface area contributed by atoms with Gasteiger partial charge < -0.3 is 15.2 Å². The number of rotatable bonds is 8. The van der Waals surface area contributed by atoms with Crippen LogP contribution in [0.5, 0.6) is 0 Å². The molecule has 1 rings (SSSR count). The van der Waals surface area contributed by atoms with Gasteiger partial charge in [0.15, 0.2) is 0 Å². The summed E-state index contributed by atoms with van der Waals surface area (Å²) in [5.74, 6) is 0.685. The molecule has 1 aliphatic rings. The zero-order chi connectivity index (χ0) is 11.6. The molecule has 0 spiro atoms. The molecule has 0 heterocycles. The van der Waals surface area contributed by atoms with E-state index in [0.717, 1.165) is 13.0 Å². The molecule has 0 bridgehead atoms. The average molecular weight is 229 g/mol. The lowest BCUT2D eigenvalue weighted by molar-refractivity contribution is 0.0349. The average Bonchev–Trinajstić information content (AvgIpc) is 2.34. The quantitative estimate of drug-likeness (QED) is 0.650. The Kier molecular flexibility index (Phi) is 7.81. The monoisotopic (exact) mass is 229 g/mol. The molecule has 0 amide bonds. The van der Waals surface area contributed by atoms with E-state index in [2.05, 4.69) is 6.92 Å². The SMILES string of the molecule is CCCOCCOCC(N)C1CCCCC1. The van der Waals surface area contributed by atoms with Gasteiger partial charge in [-0.2, -0.15) is 0 Å². The van der Waals surface area contributed by atoms with Crippen LogP contribution in [0.4, 0.5) is 0 Å². The summed E-state index contributed by atoms with van der Waals surface area (Å²) in [6.07, 6.45) is 7.72. The summed E-state index contributed by atoms with van der Waals surface area (Å²) in [5, 5.41) is 0. The Labute approximate surface area is 99.7 Å². The Balaban J connectivity index is 1.94. The van der Waals surface area contributed by atoms with Gasteiger partial charge in [0.05, 0.1) is 19.8 Å². The normalized spacial score (nSPS) is 19.9. The van der Waals surface area contributed by atoms with Crippen molar-refractivity contribution in [3.63, 3.8) is 0 Å². The molecule has 0 radical (unpaired) electrons. The van der Waals surface area contributed by atoms with Gasteiger partial charge >= 0.3 is 0 Å². The van der Waals surface area contributed by atoms with E-state index in [4.69, 9.17) is 15.2 Å². The van der Waals surface area contributed by atoms with Crippen molar-refractivity contribution in [3.8, 4) is 0 Å². The van der Waals surface area contributed by atoms with Crippen molar-refractivity contribution >= 4 is 0 Å². The highest BCUT2D eigenvalue weighted by Crippen LogP contribution is 2.25. The molecule has 1 unspecified atom stereocenters. The number of hydrogen-bond donors (Lipinski definition) is 1. The molecular formula is C13H27NO2. The Morgan fingerprint density at radius 3 is 2.44 bits per heavy atom. The van der Waals surface area contributed by atoms with Crippen LogP contribution in [0.2, 0.25) is 0 Å². The Hall–Kier alpha value is -0.120. The first-order valence-corrected chi connectivity index (χ1v) is 6.75. The van der Waals surface area contributed by atoms with Crippen LogP contribution in [-0.4, -0.2) is 32.5 Å². The van der Waals surface area contributed by atoms with Crippen LogP contribution >= 0.6 is 0 Å². The summed E-state index contributed by atoms with van der Waals surface area (Å²) >= 11 is 0. The second-order valence-corrected chi connectivity index (χ2v) is 4.75. The lowest BCUT2D eigenvalue weighted by Gasteiger charge is -2.27. The second-order valence-electron chi connectivity index (χ2n) is 4.75. The summed E-state index contributed by atoms with van der Waals surface area (Å²) in [4.78, 5) is 0. The maximum atomic E-state index is 6.12. The summed E-state index contributed by atoms with van der Waals surface area (Å²) in [7, 11) is 0.